The molecule has 2 rings (SSSR count). The SMILES string of the molecule is COc1ccc(NC(=O)CS(=O)(=O)CC(=O)Nc2nnc(C(C)C)s2)cc1OC. The van der Waals surface area contributed by atoms with E-state index in [-0.39, 0.29) is 11.0 Å². The van der Waals surface area contributed by atoms with E-state index in [9.17, 15) is 18.0 Å². The number of nitrogens with zero attached hydrogens (tertiary/aromatic N) is 2. The maximum atomic E-state index is 12.2. The molecule has 0 atom stereocenters. The van der Waals surface area contributed by atoms with Gasteiger partial charge >= 0.3 is 0 Å². The van der Waals surface area contributed by atoms with Gasteiger partial charge in [0.1, 0.15) is 16.5 Å². The van der Waals surface area contributed by atoms with E-state index in [2.05, 4.69) is 20.8 Å². The average molecular weight is 443 g/mol. The summed E-state index contributed by atoms with van der Waals surface area (Å²) in [5.41, 5.74) is 0.336. The van der Waals surface area contributed by atoms with Crippen molar-refractivity contribution >= 4 is 43.8 Å². The Hall–Kier alpha value is -2.73. The summed E-state index contributed by atoms with van der Waals surface area (Å²) >= 11 is 1.17. The second kappa shape index (κ2) is 9.65. The lowest BCUT2D eigenvalue weighted by atomic mass is 10.2. The molecule has 0 unspecified atom stereocenters. The highest BCUT2D eigenvalue weighted by Gasteiger charge is 2.22. The van der Waals surface area contributed by atoms with E-state index in [4.69, 9.17) is 9.47 Å². The van der Waals surface area contributed by atoms with Gasteiger partial charge in [-0.15, -0.1) is 10.2 Å². The molecule has 0 bridgehead atoms. The van der Waals surface area contributed by atoms with E-state index in [1.807, 2.05) is 13.8 Å². The normalized spacial score (nSPS) is 11.2. The number of methoxy groups -OCH3 is 2. The van der Waals surface area contributed by atoms with Crippen molar-refractivity contribution in [2.75, 3.05) is 36.4 Å². The largest absolute Gasteiger partial charge is 0.493 e. The van der Waals surface area contributed by atoms with Gasteiger partial charge < -0.3 is 14.8 Å². The van der Waals surface area contributed by atoms with Crippen LogP contribution in [0.1, 0.15) is 24.8 Å². The standard InChI is InChI=1S/C17H22N4O6S2/c1-10(2)16-20-21-17(28-16)19-15(23)9-29(24,25)8-14(22)18-11-5-6-12(26-3)13(7-11)27-4/h5-7,10H,8-9H2,1-4H3,(H,18,22)(H,19,21,23). The number of anilines is 2. The number of sulfone groups is 1. The summed E-state index contributed by atoms with van der Waals surface area (Å²) in [6.07, 6.45) is 0. The molecule has 1 aromatic carbocycles. The fourth-order valence-electron chi connectivity index (χ4n) is 2.24. The lowest BCUT2D eigenvalue weighted by Gasteiger charge is -2.10. The summed E-state index contributed by atoms with van der Waals surface area (Å²) in [6, 6.07) is 4.61. The Morgan fingerprint density at radius 1 is 1.03 bits per heavy atom. The van der Waals surface area contributed by atoms with Crippen molar-refractivity contribution in [1.82, 2.24) is 10.2 Å². The van der Waals surface area contributed by atoms with Crippen molar-refractivity contribution in [2.24, 2.45) is 0 Å². The molecule has 0 aliphatic heterocycles. The zero-order valence-electron chi connectivity index (χ0n) is 16.4. The number of nitrogens with one attached hydrogen (secondary N) is 2. The first-order valence-corrected chi connectivity index (χ1v) is 11.1. The molecule has 0 spiro atoms. The summed E-state index contributed by atoms with van der Waals surface area (Å²) in [4.78, 5) is 24.1. The van der Waals surface area contributed by atoms with Crippen LogP contribution in [0.5, 0.6) is 11.5 Å². The monoisotopic (exact) mass is 442 g/mol. The molecule has 0 saturated heterocycles. The molecule has 2 amide bonds. The summed E-state index contributed by atoms with van der Waals surface area (Å²) in [6.45, 7) is 3.85. The number of amides is 2. The van der Waals surface area contributed by atoms with Gasteiger partial charge in [-0.25, -0.2) is 8.42 Å². The highest BCUT2D eigenvalue weighted by Crippen LogP contribution is 2.29. The highest BCUT2D eigenvalue weighted by atomic mass is 32.2. The highest BCUT2D eigenvalue weighted by molar-refractivity contribution is 7.92. The summed E-state index contributed by atoms with van der Waals surface area (Å²) in [7, 11) is -1.07. The number of hydrogen-bond acceptors (Lipinski definition) is 9. The third-order valence-electron chi connectivity index (χ3n) is 3.55. The second-order valence-corrected chi connectivity index (χ2v) is 9.37. The van der Waals surface area contributed by atoms with Crippen LogP contribution in [0.25, 0.3) is 0 Å². The third kappa shape index (κ3) is 6.68. The Kier molecular flexibility index (Phi) is 7.51. The minimum absolute atomic E-state index is 0.141. The van der Waals surface area contributed by atoms with Crippen LogP contribution in [0.3, 0.4) is 0 Å². The van der Waals surface area contributed by atoms with Crippen molar-refractivity contribution < 1.29 is 27.5 Å². The molecule has 2 N–H and O–H groups in total. The Morgan fingerprint density at radius 2 is 1.66 bits per heavy atom. The van der Waals surface area contributed by atoms with Crippen LogP contribution < -0.4 is 20.1 Å². The molecule has 2 aromatic rings. The fourth-order valence-corrected chi connectivity index (χ4v) is 4.04. The van der Waals surface area contributed by atoms with Crippen LogP contribution in [0.4, 0.5) is 10.8 Å². The lowest BCUT2D eigenvalue weighted by Crippen LogP contribution is -2.30. The van der Waals surface area contributed by atoms with E-state index in [1.165, 1.54) is 31.6 Å². The Labute approximate surface area is 172 Å². The quantitative estimate of drug-likeness (QED) is 0.598. The molecule has 10 nitrogen and oxygen atoms in total. The average Bonchev–Trinajstić information content (AvgIpc) is 3.08. The van der Waals surface area contributed by atoms with Crippen LogP contribution in [-0.2, 0) is 19.4 Å². The van der Waals surface area contributed by atoms with E-state index in [0.29, 0.717) is 17.2 Å². The van der Waals surface area contributed by atoms with Crippen LogP contribution in [0.2, 0.25) is 0 Å². The minimum Gasteiger partial charge on any atom is -0.493 e. The first kappa shape index (κ1) is 22.6. The molecular formula is C17H22N4O6S2. The number of ether oxygens (including phenoxy) is 2. The van der Waals surface area contributed by atoms with Gasteiger partial charge in [0, 0.05) is 17.7 Å². The molecular weight excluding hydrogens is 420 g/mol. The predicted octanol–water partition coefficient (Wildman–Crippen LogP) is 1.67. The lowest BCUT2D eigenvalue weighted by molar-refractivity contribution is -0.114. The van der Waals surface area contributed by atoms with Crippen LogP contribution in [0, 0.1) is 0 Å². The number of carbonyl (C=O) groups is 2. The van der Waals surface area contributed by atoms with Gasteiger partial charge in [-0.3, -0.25) is 14.9 Å². The summed E-state index contributed by atoms with van der Waals surface area (Å²) < 4.78 is 34.6. The summed E-state index contributed by atoms with van der Waals surface area (Å²) in [5, 5.41) is 13.5. The van der Waals surface area contributed by atoms with Gasteiger partial charge in [0.15, 0.2) is 21.3 Å². The minimum atomic E-state index is -3.98. The first-order chi connectivity index (χ1) is 13.6. The van der Waals surface area contributed by atoms with E-state index >= 15 is 0 Å². The molecule has 29 heavy (non-hydrogen) atoms. The molecule has 158 valence electrons. The van der Waals surface area contributed by atoms with Gasteiger partial charge in [0.2, 0.25) is 16.9 Å². The van der Waals surface area contributed by atoms with Gasteiger partial charge in [0.05, 0.1) is 14.2 Å². The van der Waals surface area contributed by atoms with Crippen molar-refractivity contribution in [3.05, 3.63) is 23.2 Å². The number of hydrogen-bond donors (Lipinski definition) is 2. The first-order valence-electron chi connectivity index (χ1n) is 8.49. The van der Waals surface area contributed by atoms with Gasteiger partial charge in [-0.05, 0) is 12.1 Å². The topological polar surface area (TPSA) is 137 Å². The Balaban J connectivity index is 1.93. The molecule has 0 radical (unpaired) electrons. The van der Waals surface area contributed by atoms with Crippen LogP contribution >= 0.6 is 11.3 Å². The number of rotatable bonds is 9. The Morgan fingerprint density at radius 3 is 2.21 bits per heavy atom. The molecule has 0 aliphatic carbocycles. The molecule has 1 heterocycles. The van der Waals surface area contributed by atoms with E-state index in [1.54, 1.807) is 12.1 Å². The van der Waals surface area contributed by atoms with Gasteiger partial charge in [0.25, 0.3) is 0 Å². The van der Waals surface area contributed by atoms with Crippen molar-refractivity contribution in [3.8, 4) is 11.5 Å². The van der Waals surface area contributed by atoms with Crippen molar-refractivity contribution in [3.63, 3.8) is 0 Å². The van der Waals surface area contributed by atoms with Crippen molar-refractivity contribution in [2.45, 2.75) is 19.8 Å². The molecule has 0 aliphatic rings. The van der Waals surface area contributed by atoms with E-state index < -0.39 is 33.2 Å². The summed E-state index contributed by atoms with van der Waals surface area (Å²) in [5.74, 6) is -2.26. The van der Waals surface area contributed by atoms with Gasteiger partial charge in [-0.1, -0.05) is 25.2 Å². The number of aromatic nitrogens is 2. The maximum absolute atomic E-state index is 12.2. The third-order valence-corrected chi connectivity index (χ3v) is 6.09. The maximum Gasteiger partial charge on any atom is 0.241 e. The molecule has 0 fully saturated rings. The molecule has 1 aromatic heterocycles. The van der Waals surface area contributed by atoms with Crippen LogP contribution in [0.15, 0.2) is 18.2 Å². The molecule has 0 saturated carbocycles. The number of carbonyl (C=O) groups excluding carboxylic acids is 2. The van der Waals surface area contributed by atoms with Crippen LogP contribution in [-0.4, -0.2) is 56.2 Å². The molecule has 12 heteroatoms. The van der Waals surface area contributed by atoms with Crippen molar-refractivity contribution in [1.29, 1.82) is 0 Å². The predicted molar refractivity (Wildman–Crippen MR) is 109 cm³/mol. The van der Waals surface area contributed by atoms with E-state index in [0.717, 1.165) is 5.01 Å². The Bertz CT molecular complexity index is 988. The van der Waals surface area contributed by atoms with Gasteiger partial charge in [-0.2, -0.15) is 0 Å². The zero-order chi connectivity index (χ0) is 21.6. The smallest absolute Gasteiger partial charge is 0.241 e. The second-order valence-electron chi connectivity index (χ2n) is 6.30. The zero-order valence-corrected chi connectivity index (χ0v) is 18.0. The fraction of sp³-hybridized carbons (Fsp3) is 0.412. The number of benzene rings is 1.